The number of rotatable bonds is 7. The summed E-state index contributed by atoms with van der Waals surface area (Å²) in [6.07, 6.45) is -0.703. The van der Waals surface area contributed by atoms with E-state index in [9.17, 15) is 4.79 Å². The van der Waals surface area contributed by atoms with Gasteiger partial charge in [0.25, 0.3) is 5.91 Å². The molecule has 29 heavy (non-hydrogen) atoms. The van der Waals surface area contributed by atoms with Gasteiger partial charge in [0.05, 0.1) is 19.9 Å². The maximum absolute atomic E-state index is 12.4. The van der Waals surface area contributed by atoms with Crippen LogP contribution in [0.25, 0.3) is 10.8 Å². The quantitative estimate of drug-likeness (QED) is 0.484. The molecule has 0 saturated heterocycles. The lowest BCUT2D eigenvalue weighted by atomic mass is 10.1. The molecule has 3 aromatic carbocycles. The summed E-state index contributed by atoms with van der Waals surface area (Å²) in [4.78, 5) is 12.4. The Bertz CT molecular complexity index is 1050. The zero-order chi connectivity index (χ0) is 20.8. The lowest BCUT2D eigenvalue weighted by molar-refractivity contribution is -0.127. The Hall–Kier alpha value is -3.54. The number of hydrogen-bond acceptors (Lipinski definition) is 5. The number of methoxy groups -OCH3 is 2. The molecule has 0 heterocycles. The molecule has 0 fully saturated rings. The topological polar surface area (TPSA) is 69.2 Å². The van der Waals surface area contributed by atoms with Crippen LogP contribution in [0.1, 0.15) is 19.4 Å². The molecule has 1 N–H and O–H groups in total. The molecule has 0 bridgehead atoms. The van der Waals surface area contributed by atoms with Crippen LogP contribution in [0.3, 0.4) is 0 Å². The molecule has 150 valence electrons. The van der Waals surface area contributed by atoms with Gasteiger partial charge < -0.3 is 14.2 Å². The molecule has 0 aromatic heterocycles. The first kappa shape index (κ1) is 20.2. The Morgan fingerprint density at radius 3 is 2.38 bits per heavy atom. The van der Waals surface area contributed by atoms with E-state index in [4.69, 9.17) is 14.2 Å². The van der Waals surface area contributed by atoms with Gasteiger partial charge in [-0.05, 0) is 48.9 Å². The van der Waals surface area contributed by atoms with E-state index in [0.717, 1.165) is 16.3 Å². The van der Waals surface area contributed by atoms with E-state index in [1.54, 1.807) is 34.1 Å². The zero-order valence-corrected chi connectivity index (χ0v) is 16.9. The molecule has 1 amide bonds. The number of carbonyl (C=O) groups is 1. The average molecular weight is 392 g/mol. The standard InChI is InChI=1S/C23H24N2O4/c1-15(21-12-11-19(27-3)14-22(21)28-4)24-25-23(26)16(2)29-20-10-9-17-7-5-6-8-18(17)13-20/h5-14,16H,1-4H3,(H,25,26)/b24-15-/t16-/m1/s1. The fourth-order valence-corrected chi connectivity index (χ4v) is 2.89. The van der Waals surface area contributed by atoms with Crippen LogP contribution in [0.5, 0.6) is 17.2 Å². The summed E-state index contributed by atoms with van der Waals surface area (Å²) in [6, 6.07) is 19.1. The van der Waals surface area contributed by atoms with E-state index in [1.165, 1.54) is 0 Å². The highest BCUT2D eigenvalue weighted by Crippen LogP contribution is 2.25. The van der Waals surface area contributed by atoms with Gasteiger partial charge in [-0.25, -0.2) is 5.43 Å². The minimum atomic E-state index is -0.703. The van der Waals surface area contributed by atoms with Gasteiger partial charge in [0.15, 0.2) is 6.10 Å². The van der Waals surface area contributed by atoms with Gasteiger partial charge in [0, 0.05) is 11.6 Å². The van der Waals surface area contributed by atoms with E-state index < -0.39 is 6.10 Å². The molecule has 0 radical (unpaired) electrons. The van der Waals surface area contributed by atoms with Crippen molar-refractivity contribution in [3.8, 4) is 17.2 Å². The number of benzene rings is 3. The second-order valence-electron chi connectivity index (χ2n) is 6.51. The third-order valence-electron chi connectivity index (χ3n) is 4.54. The van der Waals surface area contributed by atoms with Gasteiger partial charge in [-0.2, -0.15) is 5.10 Å². The smallest absolute Gasteiger partial charge is 0.280 e. The second-order valence-corrected chi connectivity index (χ2v) is 6.51. The van der Waals surface area contributed by atoms with Crippen LogP contribution in [0, 0.1) is 0 Å². The lowest BCUT2D eigenvalue weighted by Crippen LogP contribution is -2.34. The molecule has 6 nitrogen and oxygen atoms in total. The van der Waals surface area contributed by atoms with E-state index in [-0.39, 0.29) is 5.91 Å². The number of hydrogen-bond donors (Lipinski definition) is 1. The van der Waals surface area contributed by atoms with E-state index in [0.29, 0.717) is 23.0 Å². The highest BCUT2D eigenvalue weighted by molar-refractivity contribution is 6.01. The van der Waals surface area contributed by atoms with Gasteiger partial charge in [-0.15, -0.1) is 0 Å². The maximum atomic E-state index is 12.4. The number of ether oxygens (including phenoxy) is 3. The fraction of sp³-hybridized carbons (Fsp3) is 0.217. The minimum Gasteiger partial charge on any atom is -0.497 e. The molecule has 3 rings (SSSR count). The van der Waals surface area contributed by atoms with Crippen LogP contribution in [0.15, 0.2) is 65.8 Å². The highest BCUT2D eigenvalue weighted by atomic mass is 16.5. The number of nitrogens with one attached hydrogen (secondary N) is 1. The van der Waals surface area contributed by atoms with Crippen molar-refractivity contribution in [1.82, 2.24) is 5.43 Å². The van der Waals surface area contributed by atoms with E-state index >= 15 is 0 Å². The molecule has 0 aliphatic carbocycles. The lowest BCUT2D eigenvalue weighted by Gasteiger charge is -2.14. The van der Waals surface area contributed by atoms with Crippen molar-refractivity contribution >= 4 is 22.4 Å². The Morgan fingerprint density at radius 1 is 0.931 bits per heavy atom. The summed E-state index contributed by atoms with van der Waals surface area (Å²) in [5, 5.41) is 6.36. The van der Waals surface area contributed by atoms with Crippen molar-refractivity contribution in [2.24, 2.45) is 5.10 Å². The second kappa shape index (κ2) is 9.10. The molecule has 0 aliphatic heterocycles. The molecular formula is C23H24N2O4. The number of nitrogens with zero attached hydrogens (tertiary/aromatic N) is 1. The average Bonchev–Trinajstić information content (AvgIpc) is 2.76. The Labute approximate surface area is 170 Å². The molecule has 6 heteroatoms. The predicted octanol–water partition coefficient (Wildman–Crippen LogP) is 4.16. The van der Waals surface area contributed by atoms with Crippen LogP contribution < -0.4 is 19.6 Å². The minimum absolute atomic E-state index is 0.343. The third kappa shape index (κ3) is 4.85. The van der Waals surface area contributed by atoms with Gasteiger partial charge >= 0.3 is 0 Å². The number of amides is 1. The van der Waals surface area contributed by atoms with E-state index in [2.05, 4.69) is 10.5 Å². The molecule has 1 atom stereocenters. The Morgan fingerprint density at radius 2 is 1.66 bits per heavy atom. The summed E-state index contributed by atoms with van der Waals surface area (Å²) in [7, 11) is 3.16. The van der Waals surface area contributed by atoms with Crippen molar-refractivity contribution < 1.29 is 19.0 Å². The fourth-order valence-electron chi connectivity index (χ4n) is 2.89. The van der Waals surface area contributed by atoms with Crippen molar-refractivity contribution in [1.29, 1.82) is 0 Å². The summed E-state index contributed by atoms with van der Waals surface area (Å²) >= 11 is 0. The summed E-state index contributed by atoms with van der Waals surface area (Å²) in [6.45, 7) is 3.48. The molecule has 0 unspecified atom stereocenters. The normalized spacial score (nSPS) is 12.3. The number of fused-ring (bicyclic) bond motifs is 1. The van der Waals surface area contributed by atoms with Crippen molar-refractivity contribution in [3.05, 3.63) is 66.2 Å². The molecular weight excluding hydrogens is 368 g/mol. The molecule has 0 aliphatic rings. The third-order valence-corrected chi connectivity index (χ3v) is 4.54. The van der Waals surface area contributed by atoms with Crippen LogP contribution in [0.2, 0.25) is 0 Å². The first-order valence-corrected chi connectivity index (χ1v) is 9.24. The predicted molar refractivity (Wildman–Crippen MR) is 114 cm³/mol. The largest absolute Gasteiger partial charge is 0.497 e. The summed E-state index contributed by atoms with van der Waals surface area (Å²) < 4.78 is 16.4. The molecule has 0 spiro atoms. The zero-order valence-electron chi connectivity index (χ0n) is 16.9. The van der Waals surface area contributed by atoms with Gasteiger partial charge in [0.2, 0.25) is 0 Å². The monoisotopic (exact) mass is 392 g/mol. The summed E-state index contributed by atoms with van der Waals surface area (Å²) in [5.41, 5.74) is 3.92. The van der Waals surface area contributed by atoms with Gasteiger partial charge in [-0.1, -0.05) is 30.3 Å². The SMILES string of the molecule is COc1ccc(/C(C)=N\NC(=O)[C@@H](C)Oc2ccc3ccccc3c2)c(OC)c1. The Kier molecular flexibility index (Phi) is 6.34. The summed E-state index contributed by atoms with van der Waals surface area (Å²) in [5.74, 6) is 1.58. The number of carbonyl (C=O) groups excluding carboxylic acids is 1. The van der Waals surface area contributed by atoms with Gasteiger partial charge in [0.1, 0.15) is 17.2 Å². The molecule has 0 saturated carbocycles. The molecule has 3 aromatic rings. The van der Waals surface area contributed by atoms with Crippen molar-refractivity contribution in [3.63, 3.8) is 0 Å². The Balaban J connectivity index is 1.67. The van der Waals surface area contributed by atoms with Crippen LogP contribution in [-0.2, 0) is 4.79 Å². The van der Waals surface area contributed by atoms with Crippen LogP contribution in [0.4, 0.5) is 0 Å². The first-order chi connectivity index (χ1) is 14.0. The van der Waals surface area contributed by atoms with Crippen LogP contribution in [-0.4, -0.2) is 31.9 Å². The highest BCUT2D eigenvalue weighted by Gasteiger charge is 2.15. The van der Waals surface area contributed by atoms with E-state index in [1.807, 2.05) is 54.6 Å². The maximum Gasteiger partial charge on any atom is 0.280 e. The van der Waals surface area contributed by atoms with Gasteiger partial charge in [-0.3, -0.25) is 4.79 Å². The first-order valence-electron chi connectivity index (χ1n) is 9.24. The number of hydrazone groups is 1. The van der Waals surface area contributed by atoms with Crippen molar-refractivity contribution in [2.75, 3.05) is 14.2 Å². The van der Waals surface area contributed by atoms with Crippen LogP contribution >= 0.6 is 0 Å². The van der Waals surface area contributed by atoms with Crippen molar-refractivity contribution in [2.45, 2.75) is 20.0 Å².